The summed E-state index contributed by atoms with van der Waals surface area (Å²) in [6.07, 6.45) is -0.348. The highest BCUT2D eigenvalue weighted by molar-refractivity contribution is 5.68. The second-order valence-corrected chi connectivity index (χ2v) is 3.55. The Balaban J connectivity index is 4.13. The summed E-state index contributed by atoms with van der Waals surface area (Å²) in [5, 5.41) is 0. The molecule has 1 amide bonds. The van der Waals surface area contributed by atoms with E-state index >= 15 is 0 Å². The fraction of sp³-hybridized carbons (Fsp3) is 0.778. The van der Waals surface area contributed by atoms with Crippen molar-refractivity contribution in [2.24, 2.45) is 5.92 Å². The van der Waals surface area contributed by atoms with Crippen LogP contribution in [0.3, 0.4) is 0 Å². The van der Waals surface area contributed by atoms with Gasteiger partial charge in [0.25, 0.3) is 0 Å². The summed E-state index contributed by atoms with van der Waals surface area (Å²) in [7, 11) is 3.10. The zero-order valence-electron chi connectivity index (χ0n) is 8.33. The van der Waals surface area contributed by atoms with Crippen molar-refractivity contribution in [1.82, 2.24) is 4.90 Å². The van der Waals surface area contributed by atoms with Crippen molar-refractivity contribution in [1.29, 1.82) is 0 Å². The molecule has 0 rings (SSSR count). The van der Waals surface area contributed by atoms with Crippen LogP contribution in [0, 0.1) is 13.0 Å². The van der Waals surface area contributed by atoms with Crippen LogP contribution < -0.4 is 0 Å². The van der Waals surface area contributed by atoms with Gasteiger partial charge >= 0.3 is 6.09 Å². The van der Waals surface area contributed by atoms with Gasteiger partial charge in [0.05, 0.1) is 0 Å². The molecule has 12 heavy (non-hydrogen) atoms. The molecule has 0 fully saturated rings. The van der Waals surface area contributed by atoms with Crippen molar-refractivity contribution >= 4 is 6.09 Å². The van der Waals surface area contributed by atoms with Gasteiger partial charge in [0.1, 0.15) is 7.11 Å². The number of nitrogens with zero attached hydrogens (tertiary/aromatic N) is 1. The summed E-state index contributed by atoms with van der Waals surface area (Å²) in [6.45, 7) is 8.75. The zero-order valence-corrected chi connectivity index (χ0v) is 8.33. The maximum absolute atomic E-state index is 11.1. The largest absolute Gasteiger partial charge is 0.446 e. The quantitative estimate of drug-likeness (QED) is 0.653. The van der Waals surface area contributed by atoms with E-state index in [1.165, 1.54) is 0 Å². The van der Waals surface area contributed by atoms with Crippen LogP contribution in [0.5, 0.6) is 0 Å². The predicted molar refractivity (Wildman–Crippen MR) is 48.5 cm³/mol. The van der Waals surface area contributed by atoms with Gasteiger partial charge in [-0.05, 0) is 19.8 Å². The van der Waals surface area contributed by atoms with Crippen LogP contribution in [-0.2, 0) is 4.74 Å². The van der Waals surface area contributed by atoms with Gasteiger partial charge in [0.2, 0.25) is 0 Å². The third-order valence-corrected chi connectivity index (χ3v) is 1.54. The van der Waals surface area contributed by atoms with Gasteiger partial charge in [0, 0.05) is 12.6 Å². The Labute approximate surface area is 74.7 Å². The molecule has 0 aliphatic heterocycles. The van der Waals surface area contributed by atoms with E-state index in [0.29, 0.717) is 12.5 Å². The van der Waals surface area contributed by atoms with Crippen LogP contribution in [0.2, 0.25) is 0 Å². The van der Waals surface area contributed by atoms with Crippen LogP contribution in [-0.4, -0.2) is 23.6 Å². The molecule has 0 aliphatic carbocycles. The molecule has 0 aromatic heterocycles. The van der Waals surface area contributed by atoms with Crippen LogP contribution in [0.1, 0.15) is 27.7 Å². The highest BCUT2D eigenvalue weighted by atomic mass is 16.5. The Hall–Kier alpha value is -0.730. The second kappa shape index (κ2) is 5.01. The van der Waals surface area contributed by atoms with E-state index < -0.39 is 0 Å². The molecule has 3 heteroatoms. The van der Waals surface area contributed by atoms with Crippen molar-refractivity contribution in [3.63, 3.8) is 0 Å². The molecule has 0 saturated heterocycles. The number of rotatable bonds is 3. The second-order valence-electron chi connectivity index (χ2n) is 3.55. The van der Waals surface area contributed by atoms with E-state index in [2.05, 4.69) is 25.7 Å². The van der Waals surface area contributed by atoms with E-state index in [-0.39, 0.29) is 12.1 Å². The van der Waals surface area contributed by atoms with Gasteiger partial charge in [-0.25, -0.2) is 4.79 Å². The minimum Gasteiger partial charge on any atom is -0.446 e. The molecule has 0 atom stereocenters. The number of carbonyl (C=O) groups excluding carboxylic acids is 1. The average Bonchev–Trinajstić information content (AvgIpc) is 1.98. The molecule has 1 radical (unpaired) electrons. The highest BCUT2D eigenvalue weighted by Crippen LogP contribution is 2.05. The monoisotopic (exact) mass is 172 g/mol. The molecule has 0 unspecified atom stereocenters. The topological polar surface area (TPSA) is 29.5 Å². The zero-order chi connectivity index (χ0) is 9.72. The predicted octanol–water partition coefficient (Wildman–Crippen LogP) is 2.28. The molecule has 0 spiro atoms. The lowest BCUT2D eigenvalue weighted by molar-refractivity contribution is 0.116. The first-order valence-corrected chi connectivity index (χ1v) is 4.21. The van der Waals surface area contributed by atoms with E-state index in [1.54, 1.807) is 4.90 Å². The lowest BCUT2D eigenvalue weighted by atomic mass is 10.2. The first kappa shape index (κ1) is 11.3. The van der Waals surface area contributed by atoms with E-state index in [9.17, 15) is 4.79 Å². The van der Waals surface area contributed by atoms with Crippen molar-refractivity contribution in [3.05, 3.63) is 7.11 Å². The minimum atomic E-state index is -0.348. The van der Waals surface area contributed by atoms with Gasteiger partial charge in [-0.2, -0.15) is 0 Å². The molecule has 0 heterocycles. The lowest BCUT2D eigenvalue weighted by Gasteiger charge is -2.26. The number of hydrogen-bond acceptors (Lipinski definition) is 2. The Morgan fingerprint density at radius 2 is 1.92 bits per heavy atom. The summed E-state index contributed by atoms with van der Waals surface area (Å²) in [5.74, 6) is 0.450. The van der Waals surface area contributed by atoms with Gasteiger partial charge in [-0.1, -0.05) is 13.8 Å². The smallest absolute Gasteiger partial charge is 0.410 e. The molecule has 3 nitrogen and oxygen atoms in total. The minimum absolute atomic E-state index is 0.168. The van der Waals surface area contributed by atoms with E-state index in [4.69, 9.17) is 0 Å². The molecular formula is C9H18NO2. The first-order valence-electron chi connectivity index (χ1n) is 4.21. The highest BCUT2D eigenvalue weighted by Gasteiger charge is 2.17. The third kappa shape index (κ3) is 3.60. The number of amides is 1. The molecular weight excluding hydrogens is 154 g/mol. The Morgan fingerprint density at radius 3 is 2.17 bits per heavy atom. The first-order chi connectivity index (χ1) is 5.49. The standard InChI is InChI=1S/C9H18NO2/c1-7(2)6-10(8(3)4)9(11)12-5/h7-8H,5-6H2,1-4H3. The molecule has 0 N–H and O–H groups in total. The molecule has 0 aliphatic rings. The van der Waals surface area contributed by atoms with Crippen LogP contribution >= 0.6 is 0 Å². The van der Waals surface area contributed by atoms with Crippen molar-refractivity contribution in [2.75, 3.05) is 6.54 Å². The van der Waals surface area contributed by atoms with Crippen molar-refractivity contribution in [2.45, 2.75) is 33.7 Å². The van der Waals surface area contributed by atoms with Crippen LogP contribution in [0.25, 0.3) is 0 Å². The SMILES string of the molecule is [CH2]OC(=O)N(CC(C)C)C(C)C. The Bertz CT molecular complexity index is 143. The van der Waals surface area contributed by atoms with Crippen LogP contribution in [0.15, 0.2) is 0 Å². The summed E-state index contributed by atoms with van der Waals surface area (Å²) in [6, 6.07) is 0.168. The van der Waals surface area contributed by atoms with Crippen molar-refractivity contribution in [3.8, 4) is 0 Å². The van der Waals surface area contributed by atoms with Gasteiger partial charge in [-0.15, -0.1) is 0 Å². The van der Waals surface area contributed by atoms with Gasteiger partial charge in [0.15, 0.2) is 0 Å². The molecule has 0 aromatic rings. The fourth-order valence-electron chi connectivity index (χ4n) is 0.972. The lowest BCUT2D eigenvalue weighted by Crippen LogP contribution is -2.39. The number of carbonyl (C=O) groups is 1. The average molecular weight is 172 g/mol. The van der Waals surface area contributed by atoms with Crippen molar-refractivity contribution < 1.29 is 9.53 Å². The Kier molecular flexibility index (Phi) is 4.71. The molecule has 0 bridgehead atoms. The van der Waals surface area contributed by atoms with Crippen LogP contribution in [0.4, 0.5) is 4.79 Å². The summed E-state index contributed by atoms with van der Waals surface area (Å²) >= 11 is 0. The fourth-order valence-corrected chi connectivity index (χ4v) is 0.972. The number of ether oxygens (including phenoxy) is 1. The van der Waals surface area contributed by atoms with Gasteiger partial charge in [-0.3, -0.25) is 0 Å². The van der Waals surface area contributed by atoms with E-state index in [1.807, 2.05) is 13.8 Å². The van der Waals surface area contributed by atoms with Gasteiger partial charge < -0.3 is 9.64 Å². The molecule has 0 saturated carbocycles. The summed E-state index contributed by atoms with van der Waals surface area (Å²) < 4.78 is 4.41. The molecule has 71 valence electrons. The molecule has 0 aromatic carbocycles. The third-order valence-electron chi connectivity index (χ3n) is 1.54. The summed E-state index contributed by atoms with van der Waals surface area (Å²) in [5.41, 5.74) is 0. The summed E-state index contributed by atoms with van der Waals surface area (Å²) in [4.78, 5) is 12.8. The normalized spacial score (nSPS) is 10.6. The Morgan fingerprint density at radius 1 is 1.42 bits per heavy atom. The number of hydrogen-bond donors (Lipinski definition) is 0. The van der Waals surface area contributed by atoms with E-state index in [0.717, 1.165) is 0 Å². The maximum atomic E-state index is 11.1. The maximum Gasteiger partial charge on any atom is 0.410 e.